The molecule has 104 valence electrons. The molecule has 8 heteroatoms. The molecule has 0 atom stereocenters. The third kappa shape index (κ3) is 3.21. The maximum Gasteiger partial charge on any atom is 0.363 e. The van der Waals surface area contributed by atoms with Crippen molar-refractivity contribution in [2.24, 2.45) is 0 Å². The standard InChI is InChI=1S/C12H10NO6P/c14-13(15)11-7-6-10(8-12(11)20(16,17)18)19-9-4-2-1-3-5-9/h1-8H,(H2,16,17,18). The van der Waals surface area contributed by atoms with Gasteiger partial charge in [0.15, 0.2) is 0 Å². The van der Waals surface area contributed by atoms with Gasteiger partial charge in [-0.3, -0.25) is 14.7 Å². The molecule has 20 heavy (non-hydrogen) atoms. The fourth-order valence-electron chi connectivity index (χ4n) is 1.58. The summed E-state index contributed by atoms with van der Waals surface area (Å²) in [7, 11) is -4.76. The highest BCUT2D eigenvalue weighted by Crippen LogP contribution is 2.39. The van der Waals surface area contributed by atoms with Gasteiger partial charge in [0, 0.05) is 12.1 Å². The molecule has 0 amide bonds. The third-order valence-corrected chi connectivity index (χ3v) is 3.42. The molecule has 0 fully saturated rings. The molecule has 0 aromatic heterocycles. The summed E-state index contributed by atoms with van der Waals surface area (Å²) in [6, 6.07) is 11.8. The molecule has 2 rings (SSSR count). The number of hydrogen-bond donors (Lipinski definition) is 2. The van der Waals surface area contributed by atoms with Gasteiger partial charge in [0.2, 0.25) is 0 Å². The number of nitro benzene ring substituents is 1. The molecule has 0 spiro atoms. The average Bonchev–Trinajstić information content (AvgIpc) is 2.38. The van der Waals surface area contributed by atoms with Crippen LogP contribution in [0.1, 0.15) is 0 Å². The Morgan fingerprint density at radius 1 is 1.05 bits per heavy atom. The molecule has 2 aromatic rings. The molecule has 7 nitrogen and oxygen atoms in total. The van der Waals surface area contributed by atoms with Gasteiger partial charge >= 0.3 is 7.60 Å². The van der Waals surface area contributed by atoms with Gasteiger partial charge in [0.1, 0.15) is 16.8 Å². The number of rotatable bonds is 4. The van der Waals surface area contributed by atoms with Crippen molar-refractivity contribution in [2.45, 2.75) is 0 Å². The number of ether oxygens (including phenoxy) is 1. The minimum absolute atomic E-state index is 0.111. The lowest BCUT2D eigenvalue weighted by molar-refractivity contribution is -0.383. The van der Waals surface area contributed by atoms with E-state index in [1.807, 2.05) is 0 Å². The predicted molar refractivity (Wildman–Crippen MR) is 71.3 cm³/mol. The van der Waals surface area contributed by atoms with Gasteiger partial charge in [0.25, 0.3) is 5.69 Å². The molecule has 0 saturated carbocycles. The lowest BCUT2D eigenvalue weighted by atomic mass is 10.3. The van der Waals surface area contributed by atoms with Crippen LogP contribution in [-0.4, -0.2) is 14.7 Å². The molecular weight excluding hydrogens is 285 g/mol. The first-order valence-electron chi connectivity index (χ1n) is 5.45. The van der Waals surface area contributed by atoms with Crippen molar-refractivity contribution < 1.29 is 24.0 Å². The van der Waals surface area contributed by atoms with Gasteiger partial charge in [-0.15, -0.1) is 0 Å². The monoisotopic (exact) mass is 295 g/mol. The molecule has 0 bridgehead atoms. The Kier molecular flexibility index (Phi) is 3.85. The van der Waals surface area contributed by atoms with Gasteiger partial charge in [0.05, 0.1) is 4.92 Å². The Morgan fingerprint density at radius 3 is 2.25 bits per heavy atom. The molecule has 0 unspecified atom stereocenters. The third-order valence-electron chi connectivity index (χ3n) is 2.44. The molecule has 2 N–H and O–H groups in total. The Labute approximate surface area is 113 Å². The van der Waals surface area contributed by atoms with E-state index in [0.717, 1.165) is 12.1 Å². The molecule has 0 aliphatic rings. The summed E-state index contributed by atoms with van der Waals surface area (Å²) in [4.78, 5) is 28.2. The number of nitrogens with zero attached hydrogens (tertiary/aromatic N) is 1. The van der Waals surface area contributed by atoms with Gasteiger partial charge in [-0.05, 0) is 18.2 Å². The second-order valence-electron chi connectivity index (χ2n) is 3.87. The lowest BCUT2D eigenvalue weighted by Crippen LogP contribution is -2.10. The summed E-state index contributed by atoms with van der Waals surface area (Å²) in [5, 5.41) is 10.1. The van der Waals surface area contributed by atoms with E-state index in [1.165, 1.54) is 6.07 Å². The van der Waals surface area contributed by atoms with E-state index in [1.54, 1.807) is 30.3 Å². The van der Waals surface area contributed by atoms with Crippen LogP contribution in [-0.2, 0) is 4.57 Å². The molecule has 0 saturated heterocycles. The first kappa shape index (κ1) is 14.2. The van der Waals surface area contributed by atoms with E-state index in [4.69, 9.17) is 14.5 Å². The number of hydrogen-bond acceptors (Lipinski definition) is 4. The van der Waals surface area contributed by atoms with Crippen LogP contribution in [0.15, 0.2) is 48.5 Å². The highest BCUT2D eigenvalue weighted by molar-refractivity contribution is 7.60. The molecule has 2 aromatic carbocycles. The second-order valence-corrected chi connectivity index (χ2v) is 5.44. The van der Waals surface area contributed by atoms with Crippen LogP contribution in [0, 0.1) is 10.1 Å². The number of para-hydroxylation sites is 1. The van der Waals surface area contributed by atoms with Crippen LogP contribution in [0.2, 0.25) is 0 Å². The molecule has 0 radical (unpaired) electrons. The Bertz CT molecular complexity index is 682. The van der Waals surface area contributed by atoms with Crippen LogP contribution in [0.4, 0.5) is 5.69 Å². The fourth-order valence-corrected chi connectivity index (χ4v) is 2.33. The van der Waals surface area contributed by atoms with Gasteiger partial charge in [-0.1, -0.05) is 18.2 Å². The van der Waals surface area contributed by atoms with Crippen molar-refractivity contribution in [3.8, 4) is 11.5 Å². The van der Waals surface area contributed by atoms with Crippen molar-refractivity contribution in [3.05, 3.63) is 58.6 Å². The maximum absolute atomic E-state index is 11.3. The zero-order chi connectivity index (χ0) is 14.8. The summed E-state index contributed by atoms with van der Waals surface area (Å²) in [6.45, 7) is 0. The highest BCUT2D eigenvalue weighted by atomic mass is 31.2. The van der Waals surface area contributed by atoms with Crippen molar-refractivity contribution in [3.63, 3.8) is 0 Å². The molecular formula is C12H10NO6P. The van der Waals surface area contributed by atoms with Crippen LogP contribution < -0.4 is 10.0 Å². The topological polar surface area (TPSA) is 110 Å². The Hall–Kier alpha value is -2.21. The van der Waals surface area contributed by atoms with E-state index >= 15 is 0 Å². The SMILES string of the molecule is O=[N+]([O-])c1ccc(Oc2ccccc2)cc1P(=O)(O)O. The number of benzene rings is 2. The minimum Gasteiger partial charge on any atom is -0.457 e. The Balaban J connectivity index is 2.43. The molecule has 0 aliphatic carbocycles. The molecule has 0 heterocycles. The van der Waals surface area contributed by atoms with Crippen LogP contribution >= 0.6 is 7.60 Å². The van der Waals surface area contributed by atoms with Gasteiger partial charge in [-0.2, -0.15) is 0 Å². The summed E-state index contributed by atoms with van der Waals surface area (Å²) in [6.07, 6.45) is 0. The summed E-state index contributed by atoms with van der Waals surface area (Å²) >= 11 is 0. The van der Waals surface area contributed by atoms with E-state index in [-0.39, 0.29) is 5.75 Å². The smallest absolute Gasteiger partial charge is 0.363 e. The first-order chi connectivity index (χ1) is 9.38. The zero-order valence-electron chi connectivity index (χ0n) is 10.0. The van der Waals surface area contributed by atoms with E-state index in [9.17, 15) is 14.7 Å². The van der Waals surface area contributed by atoms with E-state index < -0.39 is 23.5 Å². The minimum atomic E-state index is -4.76. The van der Waals surface area contributed by atoms with E-state index in [0.29, 0.717) is 5.75 Å². The average molecular weight is 295 g/mol. The van der Waals surface area contributed by atoms with Crippen molar-refractivity contribution in [1.29, 1.82) is 0 Å². The highest BCUT2D eigenvalue weighted by Gasteiger charge is 2.29. The van der Waals surface area contributed by atoms with Crippen LogP contribution in [0.5, 0.6) is 11.5 Å². The van der Waals surface area contributed by atoms with Crippen molar-refractivity contribution in [1.82, 2.24) is 0 Å². The lowest BCUT2D eigenvalue weighted by Gasteiger charge is -2.09. The second kappa shape index (κ2) is 5.42. The van der Waals surface area contributed by atoms with Gasteiger partial charge < -0.3 is 14.5 Å². The largest absolute Gasteiger partial charge is 0.457 e. The number of nitro groups is 1. The van der Waals surface area contributed by atoms with Crippen molar-refractivity contribution in [2.75, 3.05) is 0 Å². The molecule has 0 aliphatic heterocycles. The summed E-state index contributed by atoms with van der Waals surface area (Å²) < 4.78 is 16.7. The Morgan fingerprint density at radius 2 is 1.70 bits per heavy atom. The summed E-state index contributed by atoms with van der Waals surface area (Å²) in [5.41, 5.74) is -0.640. The normalized spacial score (nSPS) is 11.1. The summed E-state index contributed by atoms with van der Waals surface area (Å²) in [5.74, 6) is 0.568. The van der Waals surface area contributed by atoms with Crippen LogP contribution in [0.3, 0.4) is 0 Å². The van der Waals surface area contributed by atoms with Crippen molar-refractivity contribution >= 4 is 18.6 Å². The predicted octanol–water partition coefficient (Wildman–Crippen LogP) is 2.19. The quantitative estimate of drug-likeness (QED) is 0.508. The van der Waals surface area contributed by atoms with Gasteiger partial charge in [-0.25, -0.2) is 0 Å². The van der Waals surface area contributed by atoms with E-state index in [2.05, 4.69) is 0 Å². The maximum atomic E-state index is 11.3. The fraction of sp³-hybridized carbons (Fsp3) is 0. The van der Waals surface area contributed by atoms with Crippen LogP contribution in [0.25, 0.3) is 0 Å². The zero-order valence-corrected chi connectivity index (χ0v) is 10.9. The first-order valence-corrected chi connectivity index (χ1v) is 7.06.